The molecule has 0 bridgehead atoms. The predicted octanol–water partition coefficient (Wildman–Crippen LogP) is 4.02. The lowest BCUT2D eigenvalue weighted by molar-refractivity contribution is -0.0757. The van der Waals surface area contributed by atoms with E-state index in [9.17, 15) is 4.79 Å². The molecule has 2 aromatic rings. The third kappa shape index (κ3) is 4.57. The molecule has 0 aromatic heterocycles. The zero-order chi connectivity index (χ0) is 16.8. The maximum absolute atomic E-state index is 12.0. The van der Waals surface area contributed by atoms with E-state index in [4.69, 9.17) is 9.57 Å². The Morgan fingerprint density at radius 2 is 1.83 bits per heavy atom. The molecular weight excluding hydrogens is 290 g/mol. The zero-order valence-corrected chi connectivity index (χ0v) is 14.1. The molecule has 0 radical (unpaired) electrons. The van der Waals surface area contributed by atoms with Crippen LogP contribution in [0.3, 0.4) is 0 Å². The van der Waals surface area contributed by atoms with Gasteiger partial charge in [-0.3, -0.25) is 9.63 Å². The van der Waals surface area contributed by atoms with Gasteiger partial charge in [-0.2, -0.15) is 0 Å². The molecule has 0 aliphatic heterocycles. The minimum Gasteiger partial charge on any atom is -0.489 e. The van der Waals surface area contributed by atoms with E-state index in [0.717, 1.165) is 5.56 Å². The van der Waals surface area contributed by atoms with Crippen LogP contribution in [0.2, 0.25) is 0 Å². The number of carbonyl (C=O) groups is 1. The van der Waals surface area contributed by atoms with Crippen molar-refractivity contribution >= 4 is 5.91 Å². The Labute approximate surface area is 137 Å². The molecule has 0 saturated heterocycles. The van der Waals surface area contributed by atoms with Crippen LogP contribution in [0.5, 0.6) is 5.75 Å². The topological polar surface area (TPSA) is 38.8 Å². The molecule has 4 heteroatoms. The Morgan fingerprint density at radius 1 is 1.13 bits per heavy atom. The molecule has 2 aromatic carbocycles. The Kier molecular flexibility index (Phi) is 5.77. The summed E-state index contributed by atoms with van der Waals surface area (Å²) in [5.74, 6) is 0.970. The van der Waals surface area contributed by atoms with E-state index in [-0.39, 0.29) is 5.91 Å². The number of benzene rings is 2. The van der Waals surface area contributed by atoms with Crippen LogP contribution in [-0.2, 0) is 11.4 Å². The number of amides is 1. The first-order valence-corrected chi connectivity index (χ1v) is 7.65. The summed E-state index contributed by atoms with van der Waals surface area (Å²) in [6.45, 7) is 4.81. The second kappa shape index (κ2) is 7.79. The molecule has 0 aliphatic rings. The lowest BCUT2D eigenvalue weighted by Gasteiger charge is -2.14. The molecule has 0 aliphatic carbocycles. The normalized spacial score (nSPS) is 10.7. The van der Waals surface area contributed by atoms with Crippen molar-refractivity contribution in [3.8, 4) is 5.75 Å². The fourth-order valence-corrected chi connectivity index (χ4v) is 2.15. The third-order valence-electron chi connectivity index (χ3n) is 3.69. The number of carbonyl (C=O) groups excluding carboxylic acids is 1. The summed E-state index contributed by atoms with van der Waals surface area (Å²) in [7, 11) is 3.03. The maximum atomic E-state index is 12.0. The quantitative estimate of drug-likeness (QED) is 0.756. The summed E-state index contributed by atoms with van der Waals surface area (Å²) in [6, 6.07) is 15.5. The van der Waals surface area contributed by atoms with E-state index < -0.39 is 0 Å². The van der Waals surface area contributed by atoms with Crippen LogP contribution in [0.15, 0.2) is 48.5 Å². The first-order valence-electron chi connectivity index (χ1n) is 7.65. The van der Waals surface area contributed by atoms with E-state index in [1.807, 2.05) is 6.07 Å². The second-order valence-electron chi connectivity index (χ2n) is 5.70. The minimum atomic E-state index is -0.209. The van der Waals surface area contributed by atoms with E-state index in [2.05, 4.69) is 38.1 Å². The fraction of sp³-hybridized carbons (Fsp3) is 0.316. The minimum absolute atomic E-state index is 0.209. The van der Waals surface area contributed by atoms with Gasteiger partial charge in [0.05, 0.1) is 7.11 Å². The molecule has 2 rings (SSSR count). The molecule has 0 spiro atoms. The number of hydrogen-bond donors (Lipinski definition) is 0. The van der Waals surface area contributed by atoms with Gasteiger partial charge in [0.15, 0.2) is 0 Å². The van der Waals surface area contributed by atoms with Crippen LogP contribution in [0.25, 0.3) is 0 Å². The van der Waals surface area contributed by atoms with Gasteiger partial charge in [-0.1, -0.05) is 44.2 Å². The van der Waals surface area contributed by atoms with Crippen LogP contribution >= 0.6 is 0 Å². The highest BCUT2D eigenvalue weighted by Gasteiger charge is 2.11. The van der Waals surface area contributed by atoms with Crippen molar-refractivity contribution in [1.82, 2.24) is 5.06 Å². The van der Waals surface area contributed by atoms with Gasteiger partial charge in [0.2, 0.25) is 0 Å². The molecule has 122 valence electrons. The van der Waals surface area contributed by atoms with Gasteiger partial charge in [-0.05, 0) is 35.2 Å². The van der Waals surface area contributed by atoms with Gasteiger partial charge in [-0.15, -0.1) is 0 Å². The van der Waals surface area contributed by atoms with Gasteiger partial charge in [-0.25, -0.2) is 5.06 Å². The van der Waals surface area contributed by atoms with Gasteiger partial charge in [0.1, 0.15) is 12.4 Å². The molecule has 4 nitrogen and oxygen atoms in total. The summed E-state index contributed by atoms with van der Waals surface area (Å²) in [5, 5.41) is 1.18. The average Bonchev–Trinajstić information content (AvgIpc) is 2.59. The number of ether oxygens (including phenoxy) is 1. The average molecular weight is 313 g/mol. The molecule has 0 fully saturated rings. The fourth-order valence-electron chi connectivity index (χ4n) is 2.15. The molecule has 23 heavy (non-hydrogen) atoms. The first kappa shape index (κ1) is 17.0. The molecule has 0 unspecified atom stereocenters. The summed E-state index contributed by atoms with van der Waals surface area (Å²) in [4.78, 5) is 17.0. The molecule has 0 N–H and O–H groups in total. The van der Waals surface area contributed by atoms with Gasteiger partial charge >= 0.3 is 0 Å². The molecule has 0 atom stereocenters. The van der Waals surface area contributed by atoms with E-state index in [1.54, 1.807) is 25.2 Å². The smallest absolute Gasteiger partial charge is 0.277 e. The Morgan fingerprint density at radius 3 is 2.43 bits per heavy atom. The van der Waals surface area contributed by atoms with Crippen molar-refractivity contribution in [3.63, 3.8) is 0 Å². The van der Waals surface area contributed by atoms with Crippen LogP contribution in [0, 0.1) is 0 Å². The van der Waals surface area contributed by atoms with Crippen molar-refractivity contribution < 1.29 is 14.4 Å². The van der Waals surface area contributed by atoms with Crippen LogP contribution in [0.1, 0.15) is 41.3 Å². The highest BCUT2D eigenvalue weighted by atomic mass is 16.7. The monoisotopic (exact) mass is 313 g/mol. The lowest BCUT2D eigenvalue weighted by atomic mass is 10.0. The Hall–Kier alpha value is -2.33. The number of nitrogens with zero attached hydrogens (tertiary/aromatic N) is 1. The van der Waals surface area contributed by atoms with Gasteiger partial charge in [0, 0.05) is 12.6 Å². The van der Waals surface area contributed by atoms with Gasteiger partial charge in [0.25, 0.3) is 5.91 Å². The Balaban J connectivity index is 2.02. The van der Waals surface area contributed by atoms with Crippen molar-refractivity contribution in [1.29, 1.82) is 0 Å². The highest BCUT2D eigenvalue weighted by Crippen LogP contribution is 2.18. The molecular formula is C19H23NO3. The largest absolute Gasteiger partial charge is 0.489 e. The number of hydroxylamine groups is 2. The van der Waals surface area contributed by atoms with Crippen molar-refractivity contribution in [2.24, 2.45) is 0 Å². The van der Waals surface area contributed by atoms with Crippen molar-refractivity contribution in [2.75, 3.05) is 14.2 Å². The molecule has 0 saturated carbocycles. The maximum Gasteiger partial charge on any atom is 0.277 e. The van der Waals surface area contributed by atoms with Gasteiger partial charge < -0.3 is 4.74 Å². The van der Waals surface area contributed by atoms with E-state index >= 15 is 0 Å². The number of rotatable bonds is 6. The third-order valence-corrected chi connectivity index (χ3v) is 3.69. The number of hydrogen-bond acceptors (Lipinski definition) is 3. The Bertz CT molecular complexity index is 650. The van der Waals surface area contributed by atoms with E-state index in [0.29, 0.717) is 23.8 Å². The molecule has 0 heterocycles. The van der Waals surface area contributed by atoms with Crippen LogP contribution < -0.4 is 4.74 Å². The standard InChI is InChI=1S/C19H23NO3/c1-14(2)16-10-8-15(9-11-16)13-23-18-7-5-6-17(12-18)19(21)20(3)22-4/h5-12,14H,13H2,1-4H3. The van der Waals surface area contributed by atoms with Crippen molar-refractivity contribution in [3.05, 3.63) is 65.2 Å². The summed E-state index contributed by atoms with van der Waals surface area (Å²) in [5.41, 5.74) is 2.94. The molecule has 1 amide bonds. The van der Waals surface area contributed by atoms with Crippen LogP contribution in [-0.4, -0.2) is 25.1 Å². The summed E-state index contributed by atoms with van der Waals surface area (Å²) < 4.78 is 5.79. The SMILES string of the molecule is CON(C)C(=O)c1cccc(OCc2ccc(C(C)C)cc2)c1. The summed E-state index contributed by atoms with van der Waals surface area (Å²) >= 11 is 0. The summed E-state index contributed by atoms with van der Waals surface area (Å²) in [6.07, 6.45) is 0. The predicted molar refractivity (Wildman–Crippen MR) is 90.4 cm³/mol. The zero-order valence-electron chi connectivity index (χ0n) is 14.1. The van der Waals surface area contributed by atoms with E-state index in [1.165, 1.54) is 17.7 Å². The highest BCUT2D eigenvalue weighted by molar-refractivity contribution is 5.93. The second-order valence-corrected chi connectivity index (χ2v) is 5.70. The van der Waals surface area contributed by atoms with Crippen molar-refractivity contribution in [2.45, 2.75) is 26.4 Å². The van der Waals surface area contributed by atoms with Crippen LogP contribution in [0.4, 0.5) is 0 Å². The first-order chi connectivity index (χ1) is 11.0. The lowest BCUT2D eigenvalue weighted by Crippen LogP contribution is -2.25.